The van der Waals surface area contributed by atoms with E-state index in [1.54, 1.807) is 13.8 Å². The van der Waals surface area contributed by atoms with E-state index in [9.17, 15) is 4.79 Å². The molecule has 106 valence electrons. The molecule has 1 aromatic rings. The van der Waals surface area contributed by atoms with Crippen LogP contribution in [-0.4, -0.2) is 24.0 Å². The minimum atomic E-state index is -0.869. The third kappa shape index (κ3) is 4.24. The Hall–Kier alpha value is -1.55. The van der Waals surface area contributed by atoms with Crippen LogP contribution in [0.3, 0.4) is 0 Å². The van der Waals surface area contributed by atoms with E-state index < -0.39 is 5.54 Å². The lowest BCUT2D eigenvalue weighted by atomic mass is 10.1. The van der Waals surface area contributed by atoms with Crippen LogP contribution in [0.1, 0.15) is 34.6 Å². The highest BCUT2D eigenvalue weighted by Gasteiger charge is 2.21. The van der Waals surface area contributed by atoms with Gasteiger partial charge in [0.05, 0.1) is 5.54 Å². The second kappa shape index (κ2) is 6.06. The van der Waals surface area contributed by atoms with Crippen LogP contribution in [0.25, 0.3) is 0 Å². The van der Waals surface area contributed by atoms with E-state index in [4.69, 9.17) is 5.73 Å². The molecule has 0 saturated heterocycles. The fraction of sp³-hybridized carbons (Fsp3) is 0.533. The highest BCUT2D eigenvalue weighted by atomic mass is 16.2. The van der Waals surface area contributed by atoms with Gasteiger partial charge >= 0.3 is 0 Å². The Morgan fingerprint density at radius 1 is 1.32 bits per heavy atom. The van der Waals surface area contributed by atoms with E-state index in [1.165, 1.54) is 0 Å². The molecule has 0 atom stereocenters. The van der Waals surface area contributed by atoms with Crippen LogP contribution >= 0.6 is 0 Å². The van der Waals surface area contributed by atoms with Crippen molar-refractivity contribution in [1.29, 1.82) is 0 Å². The average molecular weight is 263 g/mol. The number of carbonyl (C=O) groups is 1. The van der Waals surface area contributed by atoms with Crippen molar-refractivity contribution >= 4 is 17.3 Å². The predicted octanol–water partition coefficient (Wildman–Crippen LogP) is 2.60. The molecule has 0 aliphatic heterocycles. The molecule has 0 aliphatic rings. The number of carbonyl (C=O) groups excluding carboxylic acids is 1. The van der Waals surface area contributed by atoms with Gasteiger partial charge in [0.1, 0.15) is 0 Å². The molecular formula is C15H25N3O. The predicted molar refractivity (Wildman–Crippen MR) is 81.5 cm³/mol. The summed E-state index contributed by atoms with van der Waals surface area (Å²) < 4.78 is 0. The number of amides is 1. The largest absolute Gasteiger partial charge is 0.369 e. The molecule has 3 N–H and O–H groups in total. The molecule has 19 heavy (non-hydrogen) atoms. The molecule has 1 aromatic carbocycles. The lowest BCUT2D eigenvalue weighted by Gasteiger charge is -2.27. The summed E-state index contributed by atoms with van der Waals surface area (Å²) in [5.41, 5.74) is 6.80. The van der Waals surface area contributed by atoms with E-state index in [0.717, 1.165) is 17.9 Å². The van der Waals surface area contributed by atoms with E-state index in [2.05, 4.69) is 31.0 Å². The van der Waals surface area contributed by atoms with Gasteiger partial charge < -0.3 is 16.0 Å². The first kappa shape index (κ1) is 15.5. The van der Waals surface area contributed by atoms with Gasteiger partial charge in [0.25, 0.3) is 0 Å². The maximum atomic E-state index is 11.8. The molecule has 0 aromatic heterocycles. The van der Waals surface area contributed by atoms with E-state index >= 15 is 0 Å². The van der Waals surface area contributed by atoms with Crippen molar-refractivity contribution in [1.82, 2.24) is 0 Å². The summed E-state index contributed by atoms with van der Waals surface area (Å²) in [5.74, 6) is -0.184. The van der Waals surface area contributed by atoms with Gasteiger partial charge in [0.15, 0.2) is 0 Å². The summed E-state index contributed by atoms with van der Waals surface area (Å²) in [6, 6.07) is 8.30. The van der Waals surface area contributed by atoms with Gasteiger partial charge in [-0.05, 0) is 58.9 Å². The molecule has 1 rings (SSSR count). The van der Waals surface area contributed by atoms with Crippen molar-refractivity contribution in [2.45, 2.75) is 46.2 Å². The number of nitrogens with zero attached hydrogens (tertiary/aromatic N) is 1. The second-order valence-electron chi connectivity index (χ2n) is 5.60. The first-order valence-electron chi connectivity index (χ1n) is 6.72. The molecule has 0 radical (unpaired) electrons. The lowest BCUT2D eigenvalue weighted by Crippen LogP contribution is -2.45. The molecule has 0 unspecified atom stereocenters. The number of hydrogen-bond donors (Lipinski definition) is 2. The Bertz CT molecular complexity index is 418. The Balaban J connectivity index is 2.80. The van der Waals surface area contributed by atoms with Crippen molar-refractivity contribution in [2.75, 3.05) is 16.8 Å². The quantitative estimate of drug-likeness (QED) is 0.858. The molecule has 0 fully saturated rings. The molecule has 1 amide bonds. The van der Waals surface area contributed by atoms with Crippen LogP contribution in [0.4, 0.5) is 11.4 Å². The molecule has 0 bridgehead atoms. The first-order valence-corrected chi connectivity index (χ1v) is 6.72. The maximum Gasteiger partial charge on any atom is 0.243 e. The first-order chi connectivity index (χ1) is 8.75. The Morgan fingerprint density at radius 3 is 2.21 bits per heavy atom. The zero-order chi connectivity index (χ0) is 14.6. The van der Waals surface area contributed by atoms with Gasteiger partial charge in [0.2, 0.25) is 5.91 Å². The number of nitrogens with two attached hydrogens (primary N) is 1. The highest BCUT2D eigenvalue weighted by molar-refractivity contribution is 5.97. The SMILES string of the molecule is CCN(c1ccc(NC(=O)C(C)(C)N)cc1)C(C)C. The summed E-state index contributed by atoms with van der Waals surface area (Å²) in [6.45, 7) is 10.8. The van der Waals surface area contributed by atoms with Crippen LogP contribution in [-0.2, 0) is 4.79 Å². The molecule has 4 heteroatoms. The molecule has 0 spiro atoms. The number of anilines is 2. The summed E-state index contributed by atoms with van der Waals surface area (Å²) >= 11 is 0. The normalized spacial score (nSPS) is 11.5. The van der Waals surface area contributed by atoms with Crippen LogP contribution in [0.15, 0.2) is 24.3 Å². The third-order valence-electron chi connectivity index (χ3n) is 3.01. The summed E-state index contributed by atoms with van der Waals surface area (Å²) in [4.78, 5) is 14.1. The van der Waals surface area contributed by atoms with E-state index in [1.807, 2.05) is 24.3 Å². The molecular weight excluding hydrogens is 238 g/mol. The zero-order valence-electron chi connectivity index (χ0n) is 12.5. The van der Waals surface area contributed by atoms with E-state index in [0.29, 0.717) is 6.04 Å². The smallest absolute Gasteiger partial charge is 0.243 e. The van der Waals surface area contributed by atoms with E-state index in [-0.39, 0.29) is 5.91 Å². The fourth-order valence-corrected chi connectivity index (χ4v) is 1.87. The van der Waals surface area contributed by atoms with Crippen molar-refractivity contribution in [3.8, 4) is 0 Å². The van der Waals surface area contributed by atoms with Gasteiger partial charge in [-0.2, -0.15) is 0 Å². The average Bonchev–Trinajstić information content (AvgIpc) is 2.30. The molecule has 4 nitrogen and oxygen atoms in total. The number of rotatable bonds is 5. The monoisotopic (exact) mass is 263 g/mol. The van der Waals surface area contributed by atoms with Crippen molar-refractivity contribution in [2.24, 2.45) is 5.73 Å². The number of nitrogens with one attached hydrogen (secondary N) is 1. The van der Waals surface area contributed by atoms with Gasteiger partial charge in [-0.3, -0.25) is 4.79 Å². The number of hydrogen-bond acceptors (Lipinski definition) is 3. The van der Waals surface area contributed by atoms with Gasteiger partial charge in [0, 0.05) is 24.0 Å². The Labute approximate surface area is 116 Å². The fourth-order valence-electron chi connectivity index (χ4n) is 1.87. The summed E-state index contributed by atoms with van der Waals surface area (Å²) in [6.07, 6.45) is 0. The lowest BCUT2D eigenvalue weighted by molar-refractivity contribution is -0.120. The topological polar surface area (TPSA) is 58.4 Å². The molecule has 0 aliphatic carbocycles. The van der Waals surface area contributed by atoms with Crippen LogP contribution in [0, 0.1) is 0 Å². The van der Waals surface area contributed by atoms with Crippen molar-refractivity contribution in [3.05, 3.63) is 24.3 Å². The van der Waals surface area contributed by atoms with Crippen LogP contribution in [0.5, 0.6) is 0 Å². The highest BCUT2D eigenvalue weighted by Crippen LogP contribution is 2.20. The van der Waals surface area contributed by atoms with Gasteiger partial charge in [-0.25, -0.2) is 0 Å². The molecule has 0 heterocycles. The zero-order valence-corrected chi connectivity index (χ0v) is 12.5. The maximum absolute atomic E-state index is 11.8. The van der Waals surface area contributed by atoms with Crippen molar-refractivity contribution < 1.29 is 4.79 Å². The molecule has 0 saturated carbocycles. The second-order valence-corrected chi connectivity index (χ2v) is 5.60. The third-order valence-corrected chi connectivity index (χ3v) is 3.01. The standard InChI is InChI=1S/C15H25N3O/c1-6-18(11(2)3)13-9-7-12(8-10-13)17-14(19)15(4,5)16/h7-11H,6,16H2,1-5H3,(H,17,19). The van der Waals surface area contributed by atoms with Gasteiger partial charge in [-0.15, -0.1) is 0 Å². The Kier molecular flexibility index (Phi) is 4.95. The van der Waals surface area contributed by atoms with Crippen molar-refractivity contribution in [3.63, 3.8) is 0 Å². The Morgan fingerprint density at radius 2 is 1.84 bits per heavy atom. The van der Waals surface area contributed by atoms with Gasteiger partial charge in [-0.1, -0.05) is 0 Å². The summed E-state index contributed by atoms with van der Waals surface area (Å²) in [5, 5.41) is 2.81. The number of benzene rings is 1. The minimum Gasteiger partial charge on any atom is -0.369 e. The minimum absolute atomic E-state index is 0.184. The van der Waals surface area contributed by atoms with Crippen LogP contribution < -0.4 is 16.0 Å². The van der Waals surface area contributed by atoms with Crippen LogP contribution in [0.2, 0.25) is 0 Å². The summed E-state index contributed by atoms with van der Waals surface area (Å²) in [7, 11) is 0.